The molecule has 0 aliphatic carbocycles. The Balaban J connectivity index is 0.00000196. The van der Waals surface area contributed by atoms with Gasteiger partial charge < -0.3 is 9.84 Å². The Morgan fingerprint density at radius 2 is 1.80 bits per heavy atom. The first-order valence-electron chi connectivity index (χ1n) is 4.63. The van der Waals surface area contributed by atoms with Crippen molar-refractivity contribution < 1.29 is 28.7 Å². The second-order valence-corrected chi connectivity index (χ2v) is 3.31. The van der Waals surface area contributed by atoms with Gasteiger partial charge in [-0.15, -0.1) is 0 Å². The first-order valence-corrected chi connectivity index (χ1v) is 4.63. The van der Waals surface area contributed by atoms with Gasteiger partial charge in [0.2, 0.25) is 0 Å². The van der Waals surface area contributed by atoms with Gasteiger partial charge in [0.1, 0.15) is 0 Å². The smallest absolute Gasteiger partial charge is 0.617 e. The number of hydrogen-bond donors (Lipinski definition) is 0. The predicted molar refractivity (Wildman–Crippen MR) is 54.6 cm³/mol. The zero-order valence-corrected chi connectivity index (χ0v) is 9.78. The van der Waals surface area contributed by atoms with E-state index in [4.69, 9.17) is 0 Å². The molecular formula is C12H15LiO2. The molecule has 2 nitrogen and oxygen atoms in total. The topological polar surface area (TPSA) is 32.3 Å². The Bertz CT molecular complexity index is 320. The minimum atomic E-state index is -0.235. The number of allylic oxidation sites excluding steroid dienone is 1. The fraction of sp³-hybridized carbons (Fsp3) is 0.333. The van der Waals surface area contributed by atoms with Crippen molar-refractivity contribution >= 4 is 0 Å². The molecule has 0 fully saturated rings. The van der Waals surface area contributed by atoms with Gasteiger partial charge in [-0.1, -0.05) is 37.3 Å². The van der Waals surface area contributed by atoms with E-state index < -0.39 is 0 Å². The van der Waals surface area contributed by atoms with Crippen LogP contribution in [0.2, 0.25) is 0 Å². The Morgan fingerprint density at radius 1 is 1.27 bits per heavy atom. The van der Waals surface area contributed by atoms with E-state index in [1.165, 1.54) is 7.11 Å². The van der Waals surface area contributed by atoms with Gasteiger partial charge in [-0.3, -0.25) is 0 Å². The largest absolute Gasteiger partial charge is 1.00 e. The molecule has 0 aromatic heterocycles. The Morgan fingerprint density at radius 3 is 2.27 bits per heavy atom. The zero-order chi connectivity index (χ0) is 10.6. The molecule has 0 aliphatic rings. The average Bonchev–Trinajstić information content (AvgIpc) is 2.27. The number of hydrogen-bond acceptors (Lipinski definition) is 2. The average molecular weight is 198 g/mol. The van der Waals surface area contributed by atoms with Crippen molar-refractivity contribution in [2.75, 3.05) is 7.11 Å². The molecule has 0 amide bonds. The predicted octanol–water partition coefficient (Wildman–Crippen LogP) is -0.968. The SMILES string of the molecule is CO/C([O-])=C(\C)C(C)c1ccccc1.[Li+]. The van der Waals surface area contributed by atoms with Crippen molar-refractivity contribution in [1.82, 2.24) is 0 Å². The summed E-state index contributed by atoms with van der Waals surface area (Å²) in [6.07, 6.45) is 0. The van der Waals surface area contributed by atoms with Gasteiger partial charge >= 0.3 is 18.9 Å². The monoisotopic (exact) mass is 198 g/mol. The van der Waals surface area contributed by atoms with Crippen LogP contribution < -0.4 is 24.0 Å². The normalized spacial score (nSPS) is 13.5. The second kappa shape index (κ2) is 6.61. The molecule has 3 heteroatoms. The summed E-state index contributed by atoms with van der Waals surface area (Å²) in [7, 11) is 1.41. The summed E-state index contributed by atoms with van der Waals surface area (Å²) < 4.78 is 4.68. The van der Waals surface area contributed by atoms with E-state index in [0.29, 0.717) is 0 Å². The Kier molecular flexibility index (Phi) is 6.24. The molecule has 0 radical (unpaired) electrons. The summed E-state index contributed by atoms with van der Waals surface area (Å²) in [5, 5.41) is 11.3. The van der Waals surface area contributed by atoms with Crippen LogP contribution in [0.4, 0.5) is 0 Å². The zero-order valence-electron chi connectivity index (χ0n) is 9.78. The summed E-state index contributed by atoms with van der Waals surface area (Å²) in [5.41, 5.74) is 1.87. The number of rotatable bonds is 3. The molecule has 0 heterocycles. The summed E-state index contributed by atoms with van der Waals surface area (Å²) in [4.78, 5) is 0. The molecule has 1 aromatic carbocycles. The molecule has 15 heavy (non-hydrogen) atoms. The van der Waals surface area contributed by atoms with Gasteiger partial charge in [0, 0.05) is 5.92 Å². The maximum atomic E-state index is 11.3. The molecule has 0 spiro atoms. The van der Waals surface area contributed by atoms with Gasteiger partial charge in [-0.2, -0.15) is 0 Å². The van der Waals surface area contributed by atoms with E-state index in [0.717, 1.165) is 11.1 Å². The summed E-state index contributed by atoms with van der Waals surface area (Å²) in [5.74, 6) is -0.120. The van der Waals surface area contributed by atoms with Crippen LogP contribution in [0, 0.1) is 0 Å². The van der Waals surface area contributed by atoms with Crippen molar-refractivity contribution in [1.29, 1.82) is 0 Å². The maximum Gasteiger partial charge on any atom is 1.00 e. The van der Waals surface area contributed by atoms with E-state index in [2.05, 4.69) is 4.74 Å². The Hall–Kier alpha value is -0.843. The molecule has 1 aromatic rings. The quantitative estimate of drug-likeness (QED) is 0.462. The molecule has 0 saturated heterocycles. The van der Waals surface area contributed by atoms with Crippen molar-refractivity contribution in [3.63, 3.8) is 0 Å². The van der Waals surface area contributed by atoms with Crippen LogP contribution in [0.3, 0.4) is 0 Å². The molecule has 1 unspecified atom stereocenters. The van der Waals surface area contributed by atoms with Crippen LogP contribution in [-0.2, 0) is 4.74 Å². The number of benzene rings is 1. The molecule has 0 N–H and O–H groups in total. The summed E-state index contributed by atoms with van der Waals surface area (Å²) >= 11 is 0. The van der Waals surface area contributed by atoms with E-state index in [-0.39, 0.29) is 30.7 Å². The first kappa shape index (κ1) is 14.2. The third kappa shape index (κ3) is 3.66. The fourth-order valence-corrected chi connectivity index (χ4v) is 1.33. The van der Waals surface area contributed by atoms with E-state index in [1.807, 2.05) is 44.2 Å². The Labute approximate surface area is 103 Å². The van der Waals surface area contributed by atoms with Gasteiger partial charge in [-0.05, 0) is 25.2 Å². The van der Waals surface area contributed by atoms with Crippen LogP contribution in [-0.4, -0.2) is 7.11 Å². The molecular weight excluding hydrogens is 183 g/mol. The van der Waals surface area contributed by atoms with Gasteiger partial charge in [0.05, 0.1) is 5.95 Å². The number of methoxy groups -OCH3 is 1. The third-order valence-corrected chi connectivity index (χ3v) is 2.46. The van der Waals surface area contributed by atoms with E-state index in [1.54, 1.807) is 0 Å². The second-order valence-electron chi connectivity index (χ2n) is 3.31. The number of ether oxygens (including phenoxy) is 1. The van der Waals surface area contributed by atoms with Crippen molar-refractivity contribution in [3.8, 4) is 0 Å². The van der Waals surface area contributed by atoms with Crippen LogP contribution in [0.1, 0.15) is 25.3 Å². The van der Waals surface area contributed by atoms with Crippen LogP contribution >= 0.6 is 0 Å². The molecule has 0 saturated carbocycles. The minimum absolute atomic E-state index is 0. The van der Waals surface area contributed by atoms with Crippen LogP contribution in [0.5, 0.6) is 0 Å². The molecule has 0 bridgehead atoms. The third-order valence-electron chi connectivity index (χ3n) is 2.46. The summed E-state index contributed by atoms with van der Waals surface area (Å²) in [6, 6.07) is 9.92. The summed E-state index contributed by atoms with van der Waals surface area (Å²) in [6.45, 7) is 3.81. The van der Waals surface area contributed by atoms with Crippen LogP contribution in [0.15, 0.2) is 41.9 Å². The minimum Gasteiger partial charge on any atom is -0.617 e. The van der Waals surface area contributed by atoms with E-state index in [9.17, 15) is 5.11 Å². The van der Waals surface area contributed by atoms with Crippen LogP contribution in [0.25, 0.3) is 0 Å². The van der Waals surface area contributed by atoms with Gasteiger partial charge in [0.15, 0.2) is 0 Å². The van der Waals surface area contributed by atoms with Crippen molar-refractivity contribution in [2.24, 2.45) is 0 Å². The van der Waals surface area contributed by atoms with Crippen molar-refractivity contribution in [3.05, 3.63) is 47.4 Å². The molecule has 0 aliphatic heterocycles. The fourth-order valence-electron chi connectivity index (χ4n) is 1.33. The molecule has 76 valence electrons. The van der Waals surface area contributed by atoms with Gasteiger partial charge in [0.25, 0.3) is 0 Å². The molecule has 1 atom stereocenters. The standard InChI is InChI=1S/C12H16O2.Li/c1-9(10(2)12(13)14-3)11-7-5-4-6-8-11;/h4-9,13H,1-3H3;/q;+1/p-1/b12-10+;. The van der Waals surface area contributed by atoms with E-state index >= 15 is 0 Å². The first-order chi connectivity index (χ1) is 6.66. The van der Waals surface area contributed by atoms with Gasteiger partial charge in [-0.25, -0.2) is 0 Å². The van der Waals surface area contributed by atoms with Crippen molar-refractivity contribution in [2.45, 2.75) is 19.8 Å². The molecule has 1 rings (SSSR count). The maximum absolute atomic E-state index is 11.3.